The summed E-state index contributed by atoms with van der Waals surface area (Å²) in [7, 11) is 0. The van der Waals surface area contributed by atoms with Crippen LogP contribution in [0.2, 0.25) is 5.02 Å². The van der Waals surface area contributed by atoms with Gasteiger partial charge in [-0.15, -0.1) is 0 Å². The second-order valence-electron chi connectivity index (χ2n) is 4.53. The van der Waals surface area contributed by atoms with Crippen LogP contribution in [0.3, 0.4) is 0 Å². The Morgan fingerprint density at radius 1 is 1.47 bits per heavy atom. The summed E-state index contributed by atoms with van der Waals surface area (Å²) in [6.45, 7) is 5.52. The zero-order valence-electron chi connectivity index (χ0n) is 11.4. The molecule has 0 bridgehead atoms. The van der Waals surface area contributed by atoms with E-state index in [4.69, 9.17) is 16.3 Å². The van der Waals surface area contributed by atoms with E-state index in [2.05, 4.69) is 5.32 Å². The molecule has 1 aromatic carbocycles. The molecule has 0 aliphatic rings. The van der Waals surface area contributed by atoms with Crippen LogP contribution in [0.25, 0.3) is 0 Å². The number of hydrogen-bond donors (Lipinski definition) is 2. The van der Waals surface area contributed by atoms with Gasteiger partial charge < -0.3 is 15.2 Å². The summed E-state index contributed by atoms with van der Waals surface area (Å²) in [5.74, 6) is 0.260. The topological polar surface area (TPSA) is 58.6 Å². The lowest BCUT2D eigenvalue weighted by Crippen LogP contribution is -2.35. The second-order valence-corrected chi connectivity index (χ2v) is 4.94. The van der Waals surface area contributed by atoms with Gasteiger partial charge in [0.05, 0.1) is 11.1 Å². The number of rotatable bonds is 6. The molecule has 0 saturated carbocycles. The van der Waals surface area contributed by atoms with Crippen molar-refractivity contribution in [3.8, 4) is 5.75 Å². The number of halogens is 1. The molecule has 1 amide bonds. The maximum atomic E-state index is 11.6. The van der Waals surface area contributed by atoms with E-state index in [9.17, 15) is 9.90 Å². The molecule has 2 N–H and O–H groups in total. The Hall–Kier alpha value is -1.26. The second kappa shape index (κ2) is 7.36. The summed E-state index contributed by atoms with van der Waals surface area (Å²) in [4.78, 5) is 11.6. The normalized spacial score (nSPS) is 13.7. The fraction of sp³-hybridized carbons (Fsp3) is 0.500. The van der Waals surface area contributed by atoms with Crippen LogP contribution >= 0.6 is 11.6 Å². The lowest BCUT2D eigenvalue weighted by Gasteiger charge is -2.13. The smallest absolute Gasteiger partial charge is 0.258 e. The molecule has 0 aromatic heterocycles. The third kappa shape index (κ3) is 5.09. The number of aliphatic hydroxyl groups is 1. The monoisotopic (exact) mass is 285 g/mol. The molecule has 1 aromatic rings. The summed E-state index contributed by atoms with van der Waals surface area (Å²) in [5.41, 5.74) is 0.710. The lowest BCUT2D eigenvalue weighted by atomic mass is 10.1. The molecule has 1 rings (SSSR count). The van der Waals surface area contributed by atoms with Gasteiger partial charge in [-0.25, -0.2) is 0 Å². The maximum absolute atomic E-state index is 11.6. The number of nitrogens with one attached hydrogen (secondary N) is 1. The van der Waals surface area contributed by atoms with Crippen molar-refractivity contribution in [3.63, 3.8) is 0 Å². The lowest BCUT2D eigenvalue weighted by molar-refractivity contribution is -0.123. The average Bonchev–Trinajstić information content (AvgIpc) is 2.36. The summed E-state index contributed by atoms with van der Waals surface area (Å²) >= 11 is 6.02. The van der Waals surface area contributed by atoms with Crippen LogP contribution in [-0.2, 0) is 4.79 Å². The van der Waals surface area contributed by atoms with Gasteiger partial charge in [0.25, 0.3) is 5.91 Å². The van der Waals surface area contributed by atoms with Crippen molar-refractivity contribution in [1.29, 1.82) is 0 Å². The van der Waals surface area contributed by atoms with Gasteiger partial charge in [-0.05, 0) is 38.0 Å². The van der Waals surface area contributed by atoms with Crippen LogP contribution in [-0.4, -0.2) is 23.7 Å². The summed E-state index contributed by atoms with van der Waals surface area (Å²) in [6.07, 6.45) is 0.288. The van der Waals surface area contributed by atoms with E-state index in [0.717, 1.165) is 6.42 Å². The minimum absolute atomic E-state index is 0.0713. The molecule has 0 aliphatic heterocycles. The molecule has 19 heavy (non-hydrogen) atoms. The van der Waals surface area contributed by atoms with E-state index in [0.29, 0.717) is 16.3 Å². The van der Waals surface area contributed by atoms with Gasteiger partial charge >= 0.3 is 0 Å². The minimum atomic E-state index is -0.583. The predicted octanol–water partition coefficient (Wildman–Crippen LogP) is 2.69. The first-order chi connectivity index (χ1) is 8.93. The molecule has 0 radical (unpaired) electrons. The number of hydrogen-bond acceptors (Lipinski definition) is 3. The summed E-state index contributed by atoms with van der Waals surface area (Å²) < 4.78 is 5.35. The van der Waals surface area contributed by atoms with Crippen LogP contribution in [0.15, 0.2) is 18.2 Å². The van der Waals surface area contributed by atoms with Gasteiger partial charge in [0.1, 0.15) is 5.75 Å². The molecule has 0 fully saturated rings. The van der Waals surface area contributed by atoms with E-state index in [1.54, 1.807) is 25.1 Å². The summed E-state index contributed by atoms with van der Waals surface area (Å²) in [5, 5.41) is 12.6. The van der Waals surface area contributed by atoms with Gasteiger partial charge in [-0.3, -0.25) is 4.79 Å². The largest absolute Gasteiger partial charge is 0.482 e. The molecule has 0 spiro atoms. The van der Waals surface area contributed by atoms with Crippen molar-refractivity contribution in [1.82, 2.24) is 5.32 Å². The fourth-order valence-electron chi connectivity index (χ4n) is 1.46. The first kappa shape index (κ1) is 15.8. The highest BCUT2D eigenvalue weighted by Crippen LogP contribution is 2.27. The Kier molecular flexibility index (Phi) is 6.12. The van der Waals surface area contributed by atoms with E-state index >= 15 is 0 Å². The molecule has 2 atom stereocenters. The number of carbonyl (C=O) groups is 1. The molecule has 4 nitrogen and oxygen atoms in total. The molecule has 106 valence electrons. The third-order valence-corrected chi connectivity index (χ3v) is 3.11. The molecule has 2 unspecified atom stereocenters. The highest BCUT2D eigenvalue weighted by atomic mass is 35.5. The SMILES string of the molecule is CCC(C)NC(=O)COc1ccc(C(C)O)cc1Cl. The van der Waals surface area contributed by atoms with Crippen molar-refractivity contribution in [2.75, 3.05) is 6.61 Å². The number of benzene rings is 1. The molecule has 0 heterocycles. The number of ether oxygens (including phenoxy) is 1. The van der Waals surface area contributed by atoms with Gasteiger partial charge in [-0.2, -0.15) is 0 Å². The Morgan fingerprint density at radius 2 is 2.16 bits per heavy atom. The molecular formula is C14H20ClNO3. The summed E-state index contributed by atoms with van der Waals surface area (Å²) in [6, 6.07) is 5.14. The number of amides is 1. The highest BCUT2D eigenvalue weighted by Gasteiger charge is 2.10. The van der Waals surface area contributed by atoms with E-state index < -0.39 is 6.10 Å². The standard InChI is InChI=1S/C14H20ClNO3/c1-4-9(2)16-14(18)8-19-13-6-5-11(10(3)17)7-12(13)15/h5-7,9-10,17H,4,8H2,1-3H3,(H,16,18). The first-order valence-electron chi connectivity index (χ1n) is 6.33. The fourth-order valence-corrected chi connectivity index (χ4v) is 1.70. The molecule has 0 saturated heterocycles. The Labute approximate surface area is 118 Å². The Morgan fingerprint density at radius 3 is 2.68 bits per heavy atom. The van der Waals surface area contributed by atoms with Crippen molar-refractivity contribution in [2.24, 2.45) is 0 Å². The highest BCUT2D eigenvalue weighted by molar-refractivity contribution is 6.32. The van der Waals surface area contributed by atoms with Crippen molar-refractivity contribution in [3.05, 3.63) is 28.8 Å². The maximum Gasteiger partial charge on any atom is 0.258 e. The average molecular weight is 286 g/mol. The Bertz CT molecular complexity index is 435. The number of carbonyl (C=O) groups excluding carboxylic acids is 1. The van der Waals surface area contributed by atoms with Crippen molar-refractivity contribution < 1.29 is 14.6 Å². The van der Waals surface area contributed by atoms with Gasteiger partial charge in [0.2, 0.25) is 0 Å². The first-order valence-corrected chi connectivity index (χ1v) is 6.71. The third-order valence-electron chi connectivity index (χ3n) is 2.82. The van der Waals surface area contributed by atoms with Crippen LogP contribution in [0.1, 0.15) is 38.9 Å². The van der Waals surface area contributed by atoms with E-state index in [1.165, 1.54) is 0 Å². The Balaban J connectivity index is 2.56. The predicted molar refractivity (Wildman–Crippen MR) is 75.5 cm³/mol. The zero-order chi connectivity index (χ0) is 14.4. The van der Waals surface area contributed by atoms with Crippen molar-refractivity contribution >= 4 is 17.5 Å². The number of aliphatic hydroxyl groups excluding tert-OH is 1. The van der Waals surface area contributed by atoms with Crippen molar-refractivity contribution in [2.45, 2.75) is 39.3 Å². The van der Waals surface area contributed by atoms with E-state index in [1.807, 2.05) is 13.8 Å². The molecular weight excluding hydrogens is 266 g/mol. The minimum Gasteiger partial charge on any atom is -0.482 e. The van der Waals surface area contributed by atoms with Crippen LogP contribution in [0.5, 0.6) is 5.75 Å². The van der Waals surface area contributed by atoms with Crippen LogP contribution in [0, 0.1) is 0 Å². The quantitative estimate of drug-likeness (QED) is 0.845. The molecule has 0 aliphatic carbocycles. The van der Waals surface area contributed by atoms with Crippen LogP contribution in [0.4, 0.5) is 0 Å². The van der Waals surface area contributed by atoms with Gasteiger partial charge in [-0.1, -0.05) is 24.6 Å². The molecule has 5 heteroatoms. The van der Waals surface area contributed by atoms with Gasteiger partial charge in [0.15, 0.2) is 6.61 Å². The van der Waals surface area contributed by atoms with E-state index in [-0.39, 0.29) is 18.6 Å². The van der Waals surface area contributed by atoms with Gasteiger partial charge in [0, 0.05) is 6.04 Å². The zero-order valence-corrected chi connectivity index (χ0v) is 12.2. The van der Waals surface area contributed by atoms with Crippen LogP contribution < -0.4 is 10.1 Å².